The maximum Gasteiger partial charge on any atom is 0.164 e. The van der Waals surface area contributed by atoms with Crippen molar-refractivity contribution in [2.75, 3.05) is 5.32 Å². The van der Waals surface area contributed by atoms with E-state index in [0.29, 0.717) is 11.5 Å². The summed E-state index contributed by atoms with van der Waals surface area (Å²) >= 11 is 0. The molecular weight excluding hydrogens is 607 g/mol. The van der Waals surface area contributed by atoms with Gasteiger partial charge in [0, 0.05) is 16.8 Å². The Morgan fingerprint density at radius 1 is 0.667 bits per heavy atom. The van der Waals surface area contributed by atoms with Crippen LogP contribution in [0.5, 0.6) is 11.5 Å². The highest BCUT2D eigenvalue weighted by atomic mass is 31.2. The van der Waals surface area contributed by atoms with Crippen molar-refractivity contribution in [1.29, 1.82) is 0 Å². The van der Waals surface area contributed by atoms with Crippen LogP contribution in [0.2, 0.25) is 0 Å². The smallest absolute Gasteiger partial charge is 0.164 e. The van der Waals surface area contributed by atoms with Gasteiger partial charge in [0.2, 0.25) is 0 Å². The van der Waals surface area contributed by atoms with Crippen LogP contribution in [0.1, 0.15) is 24.1 Å². The standard InChI is InChI=1S/C43H29N2O2P/c1-43-23-22-33-29-14-3-2-12-27(29)28-13-4-5-17-32(28)40(33)42(43)44-34-24-26(25-38-41(34)48(43,46)39-21-11-10-20-37(39)47-38)45-35-18-8-6-15-30(35)31-16-7-9-19-36(31)45/h2-25,42,44H,1H3. The number of aromatic nitrogens is 1. The number of rotatable bonds is 1. The molecule has 4 nitrogen and oxygen atoms in total. The molecule has 1 N–H and O–H groups in total. The average Bonchev–Trinajstić information content (AvgIpc) is 3.46. The molecule has 3 atom stereocenters. The first-order valence-electron chi connectivity index (χ1n) is 16.5. The number of hydrogen-bond acceptors (Lipinski definition) is 3. The van der Waals surface area contributed by atoms with Crippen molar-refractivity contribution >= 4 is 72.9 Å². The van der Waals surface area contributed by atoms with Crippen molar-refractivity contribution in [3.05, 3.63) is 151 Å². The largest absolute Gasteiger partial charge is 0.456 e. The van der Waals surface area contributed by atoms with Crippen molar-refractivity contribution in [1.82, 2.24) is 4.57 Å². The molecule has 0 spiro atoms. The molecule has 48 heavy (non-hydrogen) atoms. The molecule has 3 heterocycles. The number of anilines is 1. The Labute approximate surface area is 277 Å². The van der Waals surface area contributed by atoms with Crippen molar-refractivity contribution in [2.24, 2.45) is 0 Å². The molecule has 228 valence electrons. The molecule has 0 bridgehead atoms. The number of nitrogens with one attached hydrogen (secondary N) is 1. The summed E-state index contributed by atoms with van der Waals surface area (Å²) in [5.74, 6) is 1.32. The number of fused-ring (bicyclic) bond motifs is 14. The maximum absolute atomic E-state index is 16.5. The molecule has 8 aromatic rings. The Morgan fingerprint density at radius 3 is 1.98 bits per heavy atom. The predicted molar refractivity (Wildman–Crippen MR) is 199 cm³/mol. The van der Waals surface area contributed by atoms with E-state index in [1.807, 2.05) is 24.3 Å². The Hall–Kier alpha value is -5.57. The van der Waals surface area contributed by atoms with E-state index >= 15 is 4.57 Å². The molecule has 11 rings (SSSR count). The molecule has 0 saturated heterocycles. The van der Waals surface area contributed by atoms with E-state index in [1.165, 1.54) is 43.4 Å². The second kappa shape index (κ2) is 9.07. The van der Waals surface area contributed by atoms with Crippen LogP contribution >= 0.6 is 7.14 Å². The molecule has 5 heteroatoms. The van der Waals surface area contributed by atoms with E-state index in [2.05, 4.69) is 138 Å². The summed E-state index contributed by atoms with van der Waals surface area (Å²) in [6.07, 6.45) is 4.46. The van der Waals surface area contributed by atoms with E-state index in [4.69, 9.17) is 4.74 Å². The molecule has 0 fully saturated rings. The first-order chi connectivity index (χ1) is 23.6. The van der Waals surface area contributed by atoms with Crippen molar-refractivity contribution < 1.29 is 9.30 Å². The van der Waals surface area contributed by atoms with Gasteiger partial charge in [-0.2, -0.15) is 0 Å². The van der Waals surface area contributed by atoms with Gasteiger partial charge in [0.1, 0.15) is 11.5 Å². The predicted octanol–water partition coefficient (Wildman–Crippen LogP) is 10.5. The summed E-state index contributed by atoms with van der Waals surface area (Å²) in [7, 11) is -3.34. The summed E-state index contributed by atoms with van der Waals surface area (Å²) in [4.78, 5) is 0. The highest BCUT2D eigenvalue weighted by Crippen LogP contribution is 2.71. The first kappa shape index (κ1) is 26.5. The van der Waals surface area contributed by atoms with Crippen LogP contribution < -0.4 is 20.7 Å². The van der Waals surface area contributed by atoms with Crippen LogP contribution in [-0.2, 0) is 4.57 Å². The monoisotopic (exact) mass is 636 g/mol. The van der Waals surface area contributed by atoms with E-state index in [0.717, 1.165) is 33.0 Å². The normalized spacial score (nSPS) is 21.7. The van der Waals surface area contributed by atoms with Crippen molar-refractivity contribution in [3.8, 4) is 17.2 Å². The van der Waals surface area contributed by atoms with Gasteiger partial charge in [-0.25, -0.2) is 0 Å². The quantitative estimate of drug-likeness (QED) is 0.144. The molecule has 3 aliphatic rings. The van der Waals surface area contributed by atoms with E-state index < -0.39 is 12.3 Å². The van der Waals surface area contributed by atoms with E-state index in [9.17, 15) is 0 Å². The second-order valence-electron chi connectivity index (χ2n) is 13.4. The van der Waals surface area contributed by atoms with Crippen molar-refractivity contribution in [3.63, 3.8) is 0 Å². The molecule has 0 saturated carbocycles. The lowest BCUT2D eigenvalue weighted by atomic mass is 9.79. The third kappa shape index (κ3) is 3.10. The Balaban J connectivity index is 1.26. The summed E-state index contributed by atoms with van der Waals surface area (Å²) in [5.41, 5.74) is 6.46. The molecule has 7 aromatic carbocycles. The molecule has 0 amide bonds. The highest BCUT2D eigenvalue weighted by molar-refractivity contribution is 7.81. The van der Waals surface area contributed by atoms with Crippen molar-refractivity contribution in [2.45, 2.75) is 18.1 Å². The van der Waals surface area contributed by atoms with Crippen LogP contribution in [0.15, 0.2) is 140 Å². The van der Waals surface area contributed by atoms with Crippen LogP contribution in [0, 0.1) is 0 Å². The lowest BCUT2D eigenvalue weighted by Crippen LogP contribution is -2.50. The SMILES string of the molecule is CC12C=Cc3c(c4ccccc4c4ccccc34)C1Nc1cc(-n3c4ccccc4c4ccccc43)cc3c1P2(=O)c1ccccc1O3. The first-order valence-corrected chi connectivity index (χ1v) is 18.2. The fourth-order valence-electron chi connectivity index (χ4n) is 8.97. The summed E-state index contributed by atoms with van der Waals surface area (Å²) in [6, 6.07) is 46.4. The molecule has 0 radical (unpaired) electrons. The van der Waals surface area contributed by atoms with Gasteiger partial charge < -0.3 is 19.2 Å². The van der Waals surface area contributed by atoms with Gasteiger partial charge in [0.15, 0.2) is 7.14 Å². The average molecular weight is 637 g/mol. The Kier molecular flexibility index (Phi) is 5.00. The second-order valence-corrected chi connectivity index (χ2v) is 16.6. The molecule has 3 unspecified atom stereocenters. The summed E-state index contributed by atoms with van der Waals surface area (Å²) in [5, 5.41) is 12.1. The molecular formula is C43H29N2O2P. The minimum absolute atomic E-state index is 0.252. The zero-order valence-electron chi connectivity index (χ0n) is 26.1. The maximum atomic E-state index is 16.5. The minimum atomic E-state index is -3.34. The fraction of sp³-hybridized carbons (Fsp3) is 0.0698. The van der Waals surface area contributed by atoms with Gasteiger partial charge in [-0.3, -0.25) is 0 Å². The van der Waals surface area contributed by atoms with Crippen LogP contribution in [0.25, 0.3) is 55.1 Å². The number of benzene rings is 7. The van der Waals surface area contributed by atoms with Gasteiger partial charge >= 0.3 is 0 Å². The van der Waals surface area contributed by atoms with Gasteiger partial charge in [0.25, 0.3) is 0 Å². The molecule has 1 aromatic heterocycles. The summed E-state index contributed by atoms with van der Waals surface area (Å²) in [6.45, 7) is 2.19. The third-order valence-electron chi connectivity index (χ3n) is 11.1. The Morgan fingerprint density at radius 2 is 1.25 bits per heavy atom. The topological polar surface area (TPSA) is 43.3 Å². The van der Waals surface area contributed by atoms with Gasteiger partial charge in [-0.05, 0) is 69.9 Å². The number of para-hydroxylation sites is 3. The molecule has 2 aliphatic heterocycles. The van der Waals surface area contributed by atoms with E-state index in [1.54, 1.807) is 0 Å². The van der Waals surface area contributed by atoms with Gasteiger partial charge in [-0.1, -0.05) is 109 Å². The third-order valence-corrected chi connectivity index (χ3v) is 15.0. The number of nitrogens with zero attached hydrogens (tertiary/aromatic N) is 1. The van der Waals surface area contributed by atoms with Crippen LogP contribution in [0.3, 0.4) is 0 Å². The Bertz CT molecular complexity index is 2760. The molecule has 1 aliphatic carbocycles. The van der Waals surface area contributed by atoms with Crippen LogP contribution in [0.4, 0.5) is 5.69 Å². The lowest BCUT2D eigenvalue weighted by Gasteiger charge is -2.51. The van der Waals surface area contributed by atoms with Gasteiger partial charge in [0.05, 0.1) is 44.2 Å². The van der Waals surface area contributed by atoms with Crippen LogP contribution in [-0.4, -0.2) is 9.72 Å². The lowest BCUT2D eigenvalue weighted by molar-refractivity contribution is 0.477. The zero-order chi connectivity index (χ0) is 31.8. The van der Waals surface area contributed by atoms with E-state index in [-0.39, 0.29) is 6.04 Å². The summed E-state index contributed by atoms with van der Waals surface area (Å²) < 4.78 is 25.5. The van der Waals surface area contributed by atoms with Gasteiger partial charge in [-0.15, -0.1) is 0 Å². The number of hydrogen-bond donors (Lipinski definition) is 1. The number of ether oxygens (including phenoxy) is 1. The fourth-order valence-corrected chi connectivity index (χ4v) is 12.7. The zero-order valence-corrected chi connectivity index (χ0v) is 27.0. The minimum Gasteiger partial charge on any atom is -0.456 e. The highest BCUT2D eigenvalue weighted by Gasteiger charge is 2.60.